The minimum Gasteiger partial charge on any atom is -0.319 e. The summed E-state index contributed by atoms with van der Waals surface area (Å²) in [5, 5.41) is 12.3. The maximum atomic E-state index is 6.64. The van der Waals surface area contributed by atoms with E-state index in [2.05, 4.69) is 54.5 Å². The Hall–Kier alpha value is -1.75. The first kappa shape index (κ1) is 14.2. The van der Waals surface area contributed by atoms with Crippen LogP contribution in [0.25, 0.3) is 5.69 Å². The van der Waals surface area contributed by atoms with Crippen LogP contribution in [0.3, 0.4) is 0 Å². The highest BCUT2D eigenvalue weighted by molar-refractivity contribution is 5.42. The summed E-state index contributed by atoms with van der Waals surface area (Å²) >= 11 is 0. The minimum atomic E-state index is -0.409. The van der Waals surface area contributed by atoms with Gasteiger partial charge in [0, 0.05) is 0 Å². The molecule has 1 aliphatic carbocycles. The van der Waals surface area contributed by atoms with Crippen molar-refractivity contribution in [3.05, 3.63) is 35.2 Å². The lowest BCUT2D eigenvalue weighted by Crippen LogP contribution is -2.42. The van der Waals surface area contributed by atoms with Crippen LogP contribution in [0.5, 0.6) is 0 Å². The third-order valence-electron chi connectivity index (χ3n) is 4.66. The highest BCUT2D eigenvalue weighted by Gasteiger charge is 2.37. The number of aryl methyl sites for hydroxylation is 2. The molecule has 0 bridgehead atoms. The van der Waals surface area contributed by atoms with E-state index in [0.29, 0.717) is 0 Å². The van der Waals surface area contributed by atoms with Crippen LogP contribution < -0.4 is 5.73 Å². The van der Waals surface area contributed by atoms with E-state index in [1.807, 2.05) is 4.68 Å². The molecule has 5 heteroatoms. The molecule has 0 unspecified atom stereocenters. The number of rotatable bonds is 2. The average molecular weight is 285 g/mol. The van der Waals surface area contributed by atoms with Gasteiger partial charge in [0.05, 0.1) is 11.2 Å². The monoisotopic (exact) mass is 285 g/mol. The van der Waals surface area contributed by atoms with Gasteiger partial charge in [-0.05, 0) is 67.5 Å². The summed E-state index contributed by atoms with van der Waals surface area (Å²) in [5.41, 5.74) is 9.65. The zero-order valence-corrected chi connectivity index (χ0v) is 13.0. The van der Waals surface area contributed by atoms with E-state index in [4.69, 9.17) is 5.73 Å². The van der Waals surface area contributed by atoms with E-state index in [0.717, 1.165) is 48.7 Å². The van der Waals surface area contributed by atoms with Gasteiger partial charge in [-0.2, -0.15) is 4.68 Å². The Kier molecular flexibility index (Phi) is 3.53. The van der Waals surface area contributed by atoms with E-state index in [9.17, 15) is 0 Å². The molecule has 2 N–H and O–H groups in total. The number of benzene rings is 1. The van der Waals surface area contributed by atoms with E-state index in [-0.39, 0.29) is 0 Å². The van der Waals surface area contributed by atoms with Crippen LogP contribution in [-0.2, 0) is 5.54 Å². The van der Waals surface area contributed by atoms with Crippen molar-refractivity contribution >= 4 is 0 Å². The lowest BCUT2D eigenvalue weighted by Gasteiger charge is -2.34. The summed E-state index contributed by atoms with van der Waals surface area (Å²) in [7, 11) is 0. The average Bonchev–Trinajstić information content (AvgIpc) is 2.92. The van der Waals surface area contributed by atoms with Crippen LogP contribution in [0.4, 0.5) is 0 Å². The van der Waals surface area contributed by atoms with Crippen LogP contribution in [0.2, 0.25) is 0 Å². The maximum absolute atomic E-state index is 6.64. The molecule has 0 saturated heterocycles. The molecule has 0 atom stereocenters. The van der Waals surface area contributed by atoms with E-state index in [1.54, 1.807) is 0 Å². The highest BCUT2D eigenvalue weighted by atomic mass is 15.5. The normalized spacial score (nSPS) is 26.0. The molecular formula is C16H23N5. The molecule has 1 aromatic heterocycles. The fraction of sp³-hybridized carbons (Fsp3) is 0.562. The lowest BCUT2D eigenvalue weighted by atomic mass is 9.77. The number of hydrogen-bond acceptors (Lipinski definition) is 4. The second kappa shape index (κ2) is 5.22. The molecule has 1 saturated carbocycles. The fourth-order valence-electron chi connectivity index (χ4n) is 3.20. The second-order valence-corrected chi connectivity index (χ2v) is 6.54. The molecule has 112 valence electrons. The van der Waals surface area contributed by atoms with Gasteiger partial charge in [0.25, 0.3) is 0 Å². The van der Waals surface area contributed by atoms with Gasteiger partial charge in [-0.3, -0.25) is 0 Å². The predicted octanol–water partition coefficient (Wildman–Crippen LogP) is 2.64. The van der Waals surface area contributed by atoms with E-state index < -0.39 is 5.54 Å². The Morgan fingerprint density at radius 2 is 1.95 bits per heavy atom. The predicted molar refractivity (Wildman–Crippen MR) is 82.1 cm³/mol. The molecule has 1 fully saturated rings. The Morgan fingerprint density at radius 3 is 2.62 bits per heavy atom. The van der Waals surface area contributed by atoms with Crippen LogP contribution in [0, 0.1) is 19.8 Å². The van der Waals surface area contributed by atoms with Crippen molar-refractivity contribution in [3.8, 4) is 5.69 Å². The summed E-state index contributed by atoms with van der Waals surface area (Å²) in [6, 6.07) is 6.30. The molecule has 21 heavy (non-hydrogen) atoms. The number of nitrogens with two attached hydrogens (primary N) is 1. The van der Waals surface area contributed by atoms with Crippen molar-refractivity contribution in [3.63, 3.8) is 0 Å². The standard InChI is InChI=1S/C16H23N5/c1-11-6-8-16(17,9-7-11)15-18-19-20-21(15)14-5-4-12(2)10-13(14)3/h4-5,10-11H,6-9,17H2,1-3H3. The summed E-state index contributed by atoms with van der Waals surface area (Å²) in [6.07, 6.45) is 4.16. The number of hydrogen-bond donors (Lipinski definition) is 1. The zero-order chi connectivity index (χ0) is 15.0. The Balaban J connectivity index is 2.01. The first-order chi connectivity index (χ1) is 9.99. The molecule has 1 aromatic carbocycles. The summed E-state index contributed by atoms with van der Waals surface area (Å²) < 4.78 is 1.82. The summed E-state index contributed by atoms with van der Waals surface area (Å²) in [5.74, 6) is 1.54. The SMILES string of the molecule is Cc1ccc(-n2nnnc2C2(N)CCC(C)CC2)c(C)c1. The van der Waals surface area contributed by atoms with Gasteiger partial charge in [0.2, 0.25) is 0 Å². The second-order valence-electron chi connectivity index (χ2n) is 6.54. The van der Waals surface area contributed by atoms with E-state index >= 15 is 0 Å². The van der Waals surface area contributed by atoms with Gasteiger partial charge < -0.3 is 5.73 Å². The lowest BCUT2D eigenvalue weighted by molar-refractivity contribution is 0.233. The van der Waals surface area contributed by atoms with Crippen molar-refractivity contribution in [2.24, 2.45) is 11.7 Å². The van der Waals surface area contributed by atoms with Crippen LogP contribution in [0.15, 0.2) is 18.2 Å². The Bertz CT molecular complexity index is 638. The van der Waals surface area contributed by atoms with Crippen molar-refractivity contribution in [2.75, 3.05) is 0 Å². The van der Waals surface area contributed by atoms with Crippen molar-refractivity contribution < 1.29 is 0 Å². The van der Waals surface area contributed by atoms with E-state index in [1.165, 1.54) is 5.56 Å². The smallest absolute Gasteiger partial charge is 0.176 e. The number of nitrogens with zero attached hydrogens (tertiary/aromatic N) is 4. The molecule has 0 aliphatic heterocycles. The molecular weight excluding hydrogens is 262 g/mol. The summed E-state index contributed by atoms with van der Waals surface area (Å²) in [4.78, 5) is 0. The topological polar surface area (TPSA) is 69.6 Å². The largest absolute Gasteiger partial charge is 0.319 e. The molecule has 0 spiro atoms. The quantitative estimate of drug-likeness (QED) is 0.921. The minimum absolute atomic E-state index is 0.409. The molecule has 0 amide bonds. The molecule has 2 aromatic rings. The maximum Gasteiger partial charge on any atom is 0.176 e. The van der Waals surface area contributed by atoms with Gasteiger partial charge in [0.1, 0.15) is 0 Å². The van der Waals surface area contributed by atoms with Crippen LogP contribution >= 0.6 is 0 Å². The fourth-order valence-corrected chi connectivity index (χ4v) is 3.20. The molecule has 1 heterocycles. The number of aromatic nitrogens is 4. The van der Waals surface area contributed by atoms with Crippen molar-refractivity contribution in [1.82, 2.24) is 20.2 Å². The molecule has 0 radical (unpaired) electrons. The Morgan fingerprint density at radius 1 is 1.24 bits per heavy atom. The van der Waals surface area contributed by atoms with Crippen LogP contribution in [0.1, 0.15) is 49.6 Å². The molecule has 5 nitrogen and oxygen atoms in total. The third kappa shape index (κ3) is 2.58. The molecule has 3 rings (SSSR count). The summed E-state index contributed by atoms with van der Waals surface area (Å²) in [6.45, 7) is 6.46. The Labute approximate surface area is 125 Å². The zero-order valence-electron chi connectivity index (χ0n) is 13.0. The highest BCUT2D eigenvalue weighted by Crippen LogP contribution is 2.37. The van der Waals surface area contributed by atoms with Gasteiger partial charge in [0.15, 0.2) is 5.82 Å². The van der Waals surface area contributed by atoms with Gasteiger partial charge >= 0.3 is 0 Å². The number of tetrazole rings is 1. The third-order valence-corrected chi connectivity index (χ3v) is 4.66. The van der Waals surface area contributed by atoms with Gasteiger partial charge in [-0.25, -0.2) is 0 Å². The first-order valence-corrected chi connectivity index (χ1v) is 7.65. The van der Waals surface area contributed by atoms with Crippen molar-refractivity contribution in [2.45, 2.75) is 52.0 Å². The van der Waals surface area contributed by atoms with Gasteiger partial charge in [-0.1, -0.05) is 24.6 Å². The van der Waals surface area contributed by atoms with Gasteiger partial charge in [-0.15, -0.1) is 5.10 Å². The van der Waals surface area contributed by atoms with Crippen molar-refractivity contribution in [1.29, 1.82) is 0 Å². The van der Waals surface area contributed by atoms with Crippen LogP contribution in [-0.4, -0.2) is 20.2 Å². The molecule has 1 aliphatic rings. The first-order valence-electron chi connectivity index (χ1n) is 7.65.